The van der Waals surface area contributed by atoms with Crippen LogP contribution >= 0.6 is 22.9 Å². The van der Waals surface area contributed by atoms with Crippen LogP contribution in [0.3, 0.4) is 0 Å². The van der Waals surface area contributed by atoms with Crippen LogP contribution in [0.1, 0.15) is 28.3 Å². The largest absolute Gasteiger partial charge is 0.363 e. The molecule has 2 heterocycles. The minimum Gasteiger partial charge on any atom is -0.363 e. The monoisotopic (exact) mass is 317 g/mol. The molecule has 108 valence electrons. The Hall–Kier alpha value is -1.65. The fourth-order valence-corrected chi connectivity index (χ4v) is 3.72. The first kappa shape index (κ1) is 14.3. The third-order valence-corrected chi connectivity index (χ3v) is 4.63. The molecule has 0 aliphatic heterocycles. The lowest BCUT2D eigenvalue weighted by Gasteiger charge is -2.16. The molecular formula is C16H16ClN3S. The third kappa shape index (κ3) is 2.87. The van der Waals surface area contributed by atoms with Crippen LogP contribution < -0.4 is 5.32 Å². The van der Waals surface area contributed by atoms with Gasteiger partial charge in [0.25, 0.3) is 0 Å². The van der Waals surface area contributed by atoms with Gasteiger partial charge in [-0.2, -0.15) is 0 Å². The summed E-state index contributed by atoms with van der Waals surface area (Å²) < 4.78 is 0. The van der Waals surface area contributed by atoms with Gasteiger partial charge in [-0.25, -0.2) is 9.97 Å². The molecule has 2 aromatic heterocycles. The molecule has 1 unspecified atom stereocenters. The van der Waals surface area contributed by atoms with E-state index in [1.54, 1.807) is 0 Å². The van der Waals surface area contributed by atoms with Crippen molar-refractivity contribution in [3.05, 3.63) is 50.9 Å². The third-order valence-electron chi connectivity index (χ3n) is 3.48. The van der Waals surface area contributed by atoms with Crippen molar-refractivity contribution in [3.8, 4) is 0 Å². The molecule has 0 radical (unpaired) electrons. The average molecular weight is 318 g/mol. The second-order valence-electron chi connectivity index (χ2n) is 5.09. The van der Waals surface area contributed by atoms with E-state index in [-0.39, 0.29) is 11.3 Å². The van der Waals surface area contributed by atoms with Gasteiger partial charge in [0.15, 0.2) is 0 Å². The molecular weight excluding hydrogens is 302 g/mol. The summed E-state index contributed by atoms with van der Waals surface area (Å²) in [6.45, 7) is 6.42. The maximum Gasteiger partial charge on any atom is 0.224 e. The Labute approximate surface area is 133 Å². The van der Waals surface area contributed by atoms with E-state index in [0.29, 0.717) is 0 Å². The summed E-state index contributed by atoms with van der Waals surface area (Å²) in [5, 5.41) is 4.72. The van der Waals surface area contributed by atoms with E-state index in [4.69, 9.17) is 11.6 Å². The number of hydrogen-bond acceptors (Lipinski definition) is 4. The van der Waals surface area contributed by atoms with Crippen molar-refractivity contribution in [1.82, 2.24) is 9.97 Å². The molecule has 3 aromatic rings. The number of fused-ring (bicyclic) bond motifs is 1. The van der Waals surface area contributed by atoms with Gasteiger partial charge in [-0.15, -0.1) is 11.3 Å². The molecule has 0 aliphatic carbocycles. The number of aryl methyl sites for hydroxylation is 2. The van der Waals surface area contributed by atoms with E-state index in [1.165, 1.54) is 15.3 Å². The van der Waals surface area contributed by atoms with E-state index in [2.05, 4.69) is 42.1 Å². The number of benzene rings is 1. The highest BCUT2D eigenvalue weighted by molar-refractivity contribution is 7.12. The summed E-state index contributed by atoms with van der Waals surface area (Å²) >= 11 is 7.84. The first-order valence-electron chi connectivity index (χ1n) is 6.80. The second-order valence-corrected chi connectivity index (χ2v) is 6.89. The fraction of sp³-hybridized carbons (Fsp3) is 0.250. The molecule has 0 saturated carbocycles. The van der Waals surface area contributed by atoms with Crippen molar-refractivity contribution in [2.45, 2.75) is 26.8 Å². The van der Waals surface area contributed by atoms with Crippen LogP contribution in [-0.2, 0) is 0 Å². The van der Waals surface area contributed by atoms with Crippen LogP contribution in [0.25, 0.3) is 10.9 Å². The molecule has 3 nitrogen and oxygen atoms in total. The van der Waals surface area contributed by atoms with Crippen LogP contribution in [-0.4, -0.2) is 9.97 Å². The first-order valence-corrected chi connectivity index (χ1v) is 8.00. The zero-order chi connectivity index (χ0) is 15.0. The highest BCUT2D eigenvalue weighted by Crippen LogP contribution is 2.30. The number of anilines is 1. The minimum absolute atomic E-state index is 0.171. The van der Waals surface area contributed by atoms with Crippen LogP contribution in [0, 0.1) is 13.8 Å². The Morgan fingerprint density at radius 3 is 2.67 bits per heavy atom. The number of aromatic nitrogens is 2. The van der Waals surface area contributed by atoms with Crippen molar-refractivity contribution in [3.63, 3.8) is 0 Å². The van der Waals surface area contributed by atoms with Crippen molar-refractivity contribution in [2.75, 3.05) is 5.32 Å². The maximum absolute atomic E-state index is 6.03. The van der Waals surface area contributed by atoms with Crippen molar-refractivity contribution in [2.24, 2.45) is 0 Å². The Morgan fingerprint density at radius 2 is 1.95 bits per heavy atom. The van der Waals surface area contributed by atoms with Gasteiger partial charge in [0, 0.05) is 15.1 Å². The van der Waals surface area contributed by atoms with Crippen LogP contribution in [0.2, 0.25) is 5.28 Å². The highest BCUT2D eigenvalue weighted by Gasteiger charge is 2.14. The maximum atomic E-state index is 6.03. The summed E-state index contributed by atoms with van der Waals surface area (Å²) in [4.78, 5) is 11.3. The SMILES string of the molecule is Cc1cc(C(C)Nc2nc(Cl)nc3ccccc23)c(C)s1. The number of halogens is 1. The highest BCUT2D eigenvalue weighted by atomic mass is 35.5. The number of nitrogens with one attached hydrogen (secondary N) is 1. The molecule has 0 bridgehead atoms. The molecule has 0 spiro atoms. The Kier molecular flexibility index (Phi) is 3.83. The van der Waals surface area contributed by atoms with Gasteiger partial charge in [-0.3, -0.25) is 0 Å². The average Bonchev–Trinajstić information content (AvgIpc) is 2.77. The summed E-state index contributed by atoms with van der Waals surface area (Å²) in [6.07, 6.45) is 0. The summed E-state index contributed by atoms with van der Waals surface area (Å²) in [6, 6.07) is 10.3. The molecule has 0 aliphatic rings. The van der Waals surface area contributed by atoms with Crippen LogP contribution in [0.5, 0.6) is 0 Å². The predicted octanol–water partition coefficient (Wildman–Crippen LogP) is 5.13. The second kappa shape index (κ2) is 5.62. The molecule has 0 fully saturated rings. The van der Waals surface area contributed by atoms with Gasteiger partial charge in [-0.05, 0) is 56.1 Å². The zero-order valence-electron chi connectivity index (χ0n) is 12.1. The van der Waals surface area contributed by atoms with Crippen molar-refractivity contribution in [1.29, 1.82) is 0 Å². The Balaban J connectivity index is 1.99. The lowest BCUT2D eigenvalue weighted by Crippen LogP contribution is -2.09. The van der Waals surface area contributed by atoms with Gasteiger partial charge in [0.2, 0.25) is 5.28 Å². The van der Waals surface area contributed by atoms with Gasteiger partial charge < -0.3 is 5.32 Å². The number of para-hydroxylation sites is 1. The molecule has 5 heteroatoms. The van der Waals surface area contributed by atoms with E-state index >= 15 is 0 Å². The zero-order valence-corrected chi connectivity index (χ0v) is 13.7. The first-order chi connectivity index (χ1) is 10.0. The number of rotatable bonds is 3. The van der Waals surface area contributed by atoms with E-state index in [1.807, 2.05) is 35.6 Å². The van der Waals surface area contributed by atoms with Gasteiger partial charge in [0.05, 0.1) is 11.6 Å². The summed E-state index contributed by atoms with van der Waals surface area (Å²) in [5.41, 5.74) is 2.15. The number of hydrogen-bond donors (Lipinski definition) is 1. The van der Waals surface area contributed by atoms with Crippen LogP contribution in [0.4, 0.5) is 5.82 Å². The normalized spacial score (nSPS) is 12.6. The standard InChI is InChI=1S/C16H16ClN3S/c1-9-8-13(11(3)21-9)10(2)18-15-12-6-4-5-7-14(12)19-16(17)20-15/h4-8,10H,1-3H3,(H,18,19,20). The Bertz CT molecular complexity index is 797. The molecule has 0 amide bonds. The van der Waals surface area contributed by atoms with E-state index in [9.17, 15) is 0 Å². The smallest absolute Gasteiger partial charge is 0.224 e. The quantitative estimate of drug-likeness (QED) is 0.680. The molecule has 1 N–H and O–H groups in total. The Morgan fingerprint density at radius 1 is 1.19 bits per heavy atom. The lowest BCUT2D eigenvalue weighted by molar-refractivity contribution is 0.873. The van der Waals surface area contributed by atoms with Gasteiger partial charge >= 0.3 is 0 Å². The molecule has 1 aromatic carbocycles. The van der Waals surface area contributed by atoms with Gasteiger partial charge in [-0.1, -0.05) is 12.1 Å². The van der Waals surface area contributed by atoms with Crippen LogP contribution in [0.15, 0.2) is 30.3 Å². The molecule has 3 rings (SSSR count). The predicted molar refractivity (Wildman–Crippen MR) is 90.4 cm³/mol. The lowest BCUT2D eigenvalue weighted by atomic mass is 10.1. The summed E-state index contributed by atoms with van der Waals surface area (Å²) in [7, 11) is 0. The molecule has 1 atom stereocenters. The van der Waals surface area contributed by atoms with E-state index < -0.39 is 0 Å². The number of thiophene rings is 1. The topological polar surface area (TPSA) is 37.8 Å². The fourth-order valence-electron chi connectivity index (χ4n) is 2.52. The molecule has 21 heavy (non-hydrogen) atoms. The minimum atomic E-state index is 0.171. The van der Waals surface area contributed by atoms with Gasteiger partial charge in [0.1, 0.15) is 5.82 Å². The number of nitrogens with zero attached hydrogens (tertiary/aromatic N) is 2. The van der Waals surface area contributed by atoms with E-state index in [0.717, 1.165) is 16.7 Å². The molecule has 0 saturated heterocycles. The van der Waals surface area contributed by atoms with Crippen molar-refractivity contribution >= 4 is 39.7 Å². The van der Waals surface area contributed by atoms with Crippen molar-refractivity contribution < 1.29 is 0 Å². The summed E-state index contributed by atoms with van der Waals surface area (Å²) in [5.74, 6) is 0.779.